The summed E-state index contributed by atoms with van der Waals surface area (Å²) in [7, 11) is 0. The maximum atomic E-state index is 10.1. The van der Waals surface area contributed by atoms with Gasteiger partial charge in [-0.2, -0.15) is 0 Å². The van der Waals surface area contributed by atoms with Crippen molar-refractivity contribution in [2.75, 3.05) is 6.54 Å². The fourth-order valence-electron chi connectivity index (χ4n) is 0.116. The summed E-state index contributed by atoms with van der Waals surface area (Å²) in [6.45, 7) is 2.04. The fourth-order valence-corrected chi connectivity index (χ4v) is 0.116. The lowest BCUT2D eigenvalue weighted by Gasteiger charge is -1.98. The van der Waals surface area contributed by atoms with Gasteiger partial charge in [-0.25, -0.2) is 0 Å². The molecule has 1 atom stereocenters. The van der Waals surface area contributed by atoms with Crippen LogP contribution in [0.5, 0.6) is 0 Å². The van der Waals surface area contributed by atoms with E-state index in [1.165, 1.54) is 0 Å². The second-order valence-electron chi connectivity index (χ2n) is 1.54. The van der Waals surface area contributed by atoms with Gasteiger partial charge in [-0.3, -0.25) is 4.79 Å². The highest BCUT2D eigenvalue weighted by Gasteiger charge is 2.02. The maximum Gasteiger partial charge on any atom is 0.221 e. The summed E-state index contributed by atoms with van der Waals surface area (Å²) >= 11 is 0. The first-order valence-electron chi connectivity index (χ1n) is 2.18. The van der Waals surface area contributed by atoms with Crippen LogP contribution in [-0.4, -0.2) is 12.5 Å². The van der Waals surface area contributed by atoms with Gasteiger partial charge in [-0.1, -0.05) is 6.92 Å². The quantitative estimate of drug-likeness (QED) is 0.472. The Morgan fingerprint density at radius 1 is 1.86 bits per heavy atom. The Morgan fingerprint density at radius 2 is 2.29 bits per heavy atom. The molecule has 0 aromatic rings. The van der Waals surface area contributed by atoms with Gasteiger partial charge in [0.15, 0.2) is 0 Å². The van der Waals surface area contributed by atoms with Crippen molar-refractivity contribution in [1.82, 2.24) is 0 Å². The van der Waals surface area contributed by atoms with Crippen molar-refractivity contribution in [2.45, 2.75) is 6.92 Å². The molecule has 3 heteroatoms. The number of carbonyl (C=O) groups is 1. The van der Waals surface area contributed by atoms with E-state index in [0.717, 1.165) is 0 Å². The van der Waals surface area contributed by atoms with E-state index >= 15 is 0 Å². The van der Waals surface area contributed by atoms with E-state index < -0.39 is 0 Å². The smallest absolute Gasteiger partial charge is 0.221 e. The van der Waals surface area contributed by atoms with Crippen LogP contribution in [0.3, 0.4) is 0 Å². The molecule has 0 saturated carbocycles. The summed E-state index contributed by atoms with van der Waals surface area (Å²) < 4.78 is 0. The molecule has 0 rings (SSSR count). The zero-order chi connectivity index (χ0) is 5.86. The number of amides is 1. The standard InChI is InChI=1S/C4H10N2O/c1-3(2-5)4(6)7/h3H,2,5H2,1H3,(H2,6,7)/t3-/m0/s1. The molecule has 0 heterocycles. The van der Waals surface area contributed by atoms with Crippen molar-refractivity contribution in [1.29, 1.82) is 0 Å². The molecule has 3 nitrogen and oxygen atoms in total. The van der Waals surface area contributed by atoms with Crippen molar-refractivity contribution in [3.05, 3.63) is 0 Å². The summed E-state index contributed by atoms with van der Waals surface area (Å²) in [5, 5.41) is 0. The van der Waals surface area contributed by atoms with Gasteiger partial charge < -0.3 is 11.5 Å². The zero-order valence-corrected chi connectivity index (χ0v) is 4.35. The molecular formula is C4H10N2O. The number of hydrogen-bond acceptors (Lipinski definition) is 2. The lowest BCUT2D eigenvalue weighted by atomic mass is 10.2. The summed E-state index contributed by atoms with van der Waals surface area (Å²) in [5.41, 5.74) is 9.90. The van der Waals surface area contributed by atoms with Crippen molar-refractivity contribution in [2.24, 2.45) is 17.4 Å². The van der Waals surface area contributed by atoms with Gasteiger partial charge in [0.05, 0.1) is 0 Å². The molecule has 4 N–H and O–H groups in total. The van der Waals surface area contributed by atoms with Gasteiger partial charge in [0.2, 0.25) is 5.91 Å². The molecule has 0 fully saturated rings. The van der Waals surface area contributed by atoms with E-state index in [1.54, 1.807) is 6.92 Å². The first-order chi connectivity index (χ1) is 3.18. The molecule has 0 bridgehead atoms. The third-order valence-electron chi connectivity index (χ3n) is 0.839. The van der Waals surface area contributed by atoms with Gasteiger partial charge in [-0.15, -0.1) is 0 Å². The Balaban J connectivity index is 3.34. The maximum absolute atomic E-state index is 10.1. The monoisotopic (exact) mass is 102 g/mol. The van der Waals surface area contributed by atoms with E-state index in [-0.39, 0.29) is 11.8 Å². The summed E-state index contributed by atoms with van der Waals surface area (Å²) in [6, 6.07) is 0. The molecule has 1 amide bonds. The Kier molecular flexibility index (Phi) is 2.37. The minimum atomic E-state index is -0.331. The Hall–Kier alpha value is -0.570. The average Bonchev–Trinajstić information content (AvgIpc) is 1.65. The topological polar surface area (TPSA) is 69.1 Å². The van der Waals surface area contributed by atoms with Crippen molar-refractivity contribution < 1.29 is 4.79 Å². The zero-order valence-electron chi connectivity index (χ0n) is 4.35. The number of hydrogen-bond donors (Lipinski definition) is 2. The molecule has 0 radical (unpaired) electrons. The summed E-state index contributed by atoms with van der Waals surface area (Å²) in [5.74, 6) is -0.512. The third-order valence-corrected chi connectivity index (χ3v) is 0.839. The van der Waals surface area contributed by atoms with E-state index in [9.17, 15) is 4.79 Å². The van der Waals surface area contributed by atoms with Crippen LogP contribution < -0.4 is 11.5 Å². The van der Waals surface area contributed by atoms with Crippen molar-refractivity contribution >= 4 is 5.91 Å². The lowest BCUT2D eigenvalue weighted by molar-refractivity contribution is -0.120. The van der Waals surface area contributed by atoms with E-state index in [2.05, 4.69) is 0 Å². The minimum Gasteiger partial charge on any atom is -0.369 e. The van der Waals surface area contributed by atoms with Crippen LogP contribution in [-0.2, 0) is 4.79 Å². The second kappa shape index (κ2) is 2.58. The molecule has 0 aliphatic carbocycles. The first-order valence-corrected chi connectivity index (χ1v) is 2.18. The average molecular weight is 102 g/mol. The number of primary amides is 1. The highest BCUT2D eigenvalue weighted by atomic mass is 16.1. The van der Waals surface area contributed by atoms with Crippen molar-refractivity contribution in [3.63, 3.8) is 0 Å². The molecule has 0 aliphatic heterocycles. The normalized spacial score (nSPS) is 13.4. The van der Waals surface area contributed by atoms with Crippen LogP contribution in [0.15, 0.2) is 0 Å². The highest BCUT2D eigenvalue weighted by molar-refractivity contribution is 5.76. The molecule has 0 spiro atoms. The Labute approximate surface area is 42.7 Å². The van der Waals surface area contributed by atoms with Gasteiger partial charge in [0.25, 0.3) is 0 Å². The summed E-state index contributed by atoms with van der Waals surface area (Å²) in [6.07, 6.45) is 0. The van der Waals surface area contributed by atoms with Crippen LogP contribution >= 0.6 is 0 Å². The molecule has 0 saturated heterocycles. The molecule has 0 unspecified atom stereocenters. The van der Waals surface area contributed by atoms with Crippen LogP contribution in [0.2, 0.25) is 0 Å². The predicted molar refractivity (Wildman–Crippen MR) is 27.4 cm³/mol. The molecular weight excluding hydrogens is 92.1 g/mol. The molecule has 0 aromatic carbocycles. The van der Waals surface area contributed by atoms with Gasteiger partial charge >= 0.3 is 0 Å². The van der Waals surface area contributed by atoms with E-state index in [1.807, 2.05) is 0 Å². The number of rotatable bonds is 2. The van der Waals surface area contributed by atoms with E-state index in [0.29, 0.717) is 6.54 Å². The Bertz CT molecular complexity index is 72.1. The first kappa shape index (κ1) is 6.43. The lowest BCUT2D eigenvalue weighted by Crippen LogP contribution is -2.26. The molecule has 0 aliphatic rings. The van der Waals surface area contributed by atoms with Crippen LogP contribution in [0.4, 0.5) is 0 Å². The third kappa shape index (κ3) is 2.17. The molecule has 0 aromatic heterocycles. The summed E-state index contributed by atoms with van der Waals surface area (Å²) in [4.78, 5) is 10.1. The van der Waals surface area contributed by atoms with Gasteiger partial charge in [-0.05, 0) is 0 Å². The van der Waals surface area contributed by atoms with Crippen LogP contribution in [0.1, 0.15) is 6.92 Å². The molecule has 42 valence electrons. The van der Waals surface area contributed by atoms with Gasteiger partial charge in [0.1, 0.15) is 0 Å². The minimum absolute atomic E-state index is 0.181. The fraction of sp³-hybridized carbons (Fsp3) is 0.750. The SMILES string of the molecule is C[C@@H](CN)C(N)=O. The largest absolute Gasteiger partial charge is 0.369 e. The van der Waals surface area contributed by atoms with Crippen LogP contribution in [0, 0.1) is 5.92 Å². The Morgan fingerprint density at radius 3 is 2.29 bits per heavy atom. The van der Waals surface area contributed by atoms with E-state index in [4.69, 9.17) is 11.5 Å². The predicted octanol–water partition coefficient (Wildman–Crippen LogP) is -0.933. The molecule has 7 heavy (non-hydrogen) atoms. The number of carbonyl (C=O) groups excluding carboxylic acids is 1. The number of nitrogens with two attached hydrogens (primary N) is 2. The van der Waals surface area contributed by atoms with Crippen molar-refractivity contribution in [3.8, 4) is 0 Å². The van der Waals surface area contributed by atoms with Crippen LogP contribution in [0.25, 0.3) is 0 Å². The van der Waals surface area contributed by atoms with Gasteiger partial charge in [0, 0.05) is 12.5 Å². The second-order valence-corrected chi connectivity index (χ2v) is 1.54. The highest BCUT2D eigenvalue weighted by Crippen LogP contribution is 1.84.